The summed E-state index contributed by atoms with van der Waals surface area (Å²) in [5.74, 6) is 0.993. The van der Waals surface area contributed by atoms with Crippen LogP contribution in [-0.4, -0.2) is 48.4 Å². The maximum atomic E-state index is 7.50. The van der Waals surface area contributed by atoms with E-state index in [1.807, 2.05) is 6.07 Å². The molecule has 0 saturated heterocycles. The molecule has 0 radical (unpaired) electrons. The molecule has 0 amide bonds. The third-order valence-electron chi connectivity index (χ3n) is 3.56. The average molecular weight is 277 g/mol. The molecular weight excluding hydrogens is 250 g/mol. The minimum Gasteiger partial charge on any atom is -0.384 e. The lowest BCUT2D eigenvalue weighted by Gasteiger charge is -2.24. The van der Waals surface area contributed by atoms with Crippen LogP contribution in [0.2, 0.25) is 0 Å². The number of hydrogen-bond donors (Lipinski definition) is 2. The van der Waals surface area contributed by atoms with Crippen molar-refractivity contribution in [1.82, 2.24) is 9.88 Å². The lowest BCUT2D eigenvalue weighted by Crippen LogP contribution is -2.30. The second-order valence-electron chi connectivity index (χ2n) is 4.78. The molecule has 20 heavy (non-hydrogen) atoms. The summed E-state index contributed by atoms with van der Waals surface area (Å²) in [4.78, 5) is 9.05. The fourth-order valence-electron chi connectivity index (χ4n) is 2.22. The Hall–Kier alpha value is -1.62. The molecule has 1 aromatic heterocycles. The molecule has 0 spiro atoms. The Kier molecular flexibility index (Phi) is 7.01. The summed E-state index contributed by atoms with van der Waals surface area (Å²) in [5, 5.41) is 7.50. The molecule has 0 atom stereocenters. The molecular formula is C15H27N5. The highest BCUT2D eigenvalue weighted by Gasteiger charge is 2.08. The number of nitrogens with zero attached hydrogens (tertiary/aromatic N) is 3. The zero-order valence-electron chi connectivity index (χ0n) is 12.9. The van der Waals surface area contributed by atoms with E-state index in [1.54, 1.807) is 12.3 Å². The molecule has 0 unspecified atom stereocenters. The quantitative estimate of drug-likeness (QED) is 0.534. The Morgan fingerprint density at radius 3 is 2.45 bits per heavy atom. The summed E-state index contributed by atoms with van der Waals surface area (Å²) < 4.78 is 0. The van der Waals surface area contributed by atoms with Crippen LogP contribution in [0.15, 0.2) is 18.3 Å². The van der Waals surface area contributed by atoms with Crippen molar-refractivity contribution in [2.24, 2.45) is 5.73 Å². The molecule has 0 bridgehead atoms. The van der Waals surface area contributed by atoms with Crippen LogP contribution in [-0.2, 0) is 0 Å². The van der Waals surface area contributed by atoms with Gasteiger partial charge in [0.2, 0.25) is 0 Å². The first-order valence-electron chi connectivity index (χ1n) is 7.40. The van der Waals surface area contributed by atoms with E-state index in [9.17, 15) is 0 Å². The molecule has 0 aliphatic rings. The fraction of sp³-hybridized carbons (Fsp3) is 0.600. The molecule has 0 aliphatic carbocycles. The molecule has 0 saturated carbocycles. The summed E-state index contributed by atoms with van der Waals surface area (Å²) in [5.41, 5.74) is 6.26. The van der Waals surface area contributed by atoms with Crippen LogP contribution in [0.5, 0.6) is 0 Å². The predicted octanol–water partition coefficient (Wildman–Crippen LogP) is 1.92. The lowest BCUT2D eigenvalue weighted by atomic mass is 10.2. The predicted molar refractivity (Wildman–Crippen MR) is 85.5 cm³/mol. The van der Waals surface area contributed by atoms with Crippen LogP contribution >= 0.6 is 0 Å². The zero-order valence-corrected chi connectivity index (χ0v) is 12.9. The Morgan fingerprint density at radius 2 is 1.90 bits per heavy atom. The first-order chi connectivity index (χ1) is 9.62. The largest absolute Gasteiger partial charge is 0.384 e. The van der Waals surface area contributed by atoms with Gasteiger partial charge in [-0.3, -0.25) is 5.41 Å². The van der Waals surface area contributed by atoms with E-state index < -0.39 is 0 Å². The number of nitrogen functional groups attached to an aromatic ring is 1. The van der Waals surface area contributed by atoms with Gasteiger partial charge in [-0.2, -0.15) is 0 Å². The Morgan fingerprint density at radius 1 is 1.20 bits per heavy atom. The van der Waals surface area contributed by atoms with Gasteiger partial charge in [0.1, 0.15) is 11.7 Å². The van der Waals surface area contributed by atoms with Gasteiger partial charge in [0.25, 0.3) is 0 Å². The van der Waals surface area contributed by atoms with Crippen LogP contribution in [0.4, 0.5) is 5.82 Å². The fourth-order valence-corrected chi connectivity index (χ4v) is 2.22. The Bertz CT molecular complexity index is 414. The third-order valence-corrected chi connectivity index (χ3v) is 3.56. The van der Waals surface area contributed by atoms with Gasteiger partial charge in [-0.1, -0.05) is 13.8 Å². The standard InChI is InChI=1S/C15H27N5/c1-4-19(5-2)10-7-11-20(6-3)14-12-13(15(16)17)8-9-18-14/h8-9,12H,4-7,10-11H2,1-3H3,(H3,16,17). The monoisotopic (exact) mass is 277 g/mol. The number of aromatic nitrogens is 1. The van der Waals surface area contributed by atoms with E-state index >= 15 is 0 Å². The molecule has 1 heterocycles. The summed E-state index contributed by atoms with van der Waals surface area (Å²) in [6.45, 7) is 11.7. The van der Waals surface area contributed by atoms with Gasteiger partial charge >= 0.3 is 0 Å². The van der Waals surface area contributed by atoms with E-state index in [-0.39, 0.29) is 5.84 Å². The Balaban J connectivity index is 2.62. The topological polar surface area (TPSA) is 69.2 Å². The second-order valence-corrected chi connectivity index (χ2v) is 4.78. The molecule has 0 fully saturated rings. The van der Waals surface area contributed by atoms with Crippen LogP contribution < -0.4 is 10.6 Å². The van der Waals surface area contributed by atoms with Gasteiger partial charge in [0.05, 0.1) is 0 Å². The van der Waals surface area contributed by atoms with Gasteiger partial charge in [-0.15, -0.1) is 0 Å². The number of amidine groups is 1. The molecule has 5 heteroatoms. The molecule has 1 aromatic rings. The highest BCUT2D eigenvalue weighted by molar-refractivity contribution is 5.95. The average Bonchev–Trinajstić information content (AvgIpc) is 2.48. The zero-order chi connectivity index (χ0) is 15.0. The van der Waals surface area contributed by atoms with Crippen LogP contribution in [0.3, 0.4) is 0 Å². The van der Waals surface area contributed by atoms with E-state index in [2.05, 4.69) is 35.6 Å². The van der Waals surface area contributed by atoms with E-state index in [4.69, 9.17) is 11.1 Å². The van der Waals surface area contributed by atoms with Crippen LogP contribution in [0.25, 0.3) is 0 Å². The van der Waals surface area contributed by atoms with Gasteiger partial charge in [-0.25, -0.2) is 4.98 Å². The number of anilines is 1. The minimum atomic E-state index is 0.0906. The van der Waals surface area contributed by atoms with E-state index in [0.717, 1.165) is 50.5 Å². The van der Waals surface area contributed by atoms with Crippen LogP contribution in [0.1, 0.15) is 32.8 Å². The van der Waals surface area contributed by atoms with Crippen LogP contribution in [0, 0.1) is 5.41 Å². The highest BCUT2D eigenvalue weighted by Crippen LogP contribution is 2.12. The maximum absolute atomic E-state index is 7.50. The second kappa shape index (κ2) is 8.53. The minimum absolute atomic E-state index is 0.0906. The van der Waals surface area contributed by atoms with Crippen molar-refractivity contribution >= 4 is 11.7 Å². The lowest BCUT2D eigenvalue weighted by molar-refractivity contribution is 0.300. The van der Waals surface area contributed by atoms with Crippen molar-refractivity contribution in [2.45, 2.75) is 27.2 Å². The smallest absolute Gasteiger partial charge is 0.129 e. The van der Waals surface area contributed by atoms with Crippen molar-refractivity contribution in [1.29, 1.82) is 5.41 Å². The number of nitrogens with two attached hydrogens (primary N) is 1. The number of nitrogens with one attached hydrogen (secondary N) is 1. The van der Waals surface area contributed by atoms with Gasteiger partial charge in [0.15, 0.2) is 0 Å². The maximum Gasteiger partial charge on any atom is 0.129 e. The first kappa shape index (κ1) is 16.4. The summed E-state index contributed by atoms with van der Waals surface area (Å²) in [6, 6.07) is 3.67. The summed E-state index contributed by atoms with van der Waals surface area (Å²) in [6.07, 6.45) is 2.83. The third kappa shape index (κ3) is 4.81. The van der Waals surface area contributed by atoms with Gasteiger partial charge in [0, 0.05) is 24.8 Å². The SMILES string of the molecule is CCN(CC)CCCN(CC)c1cc(C(=N)N)ccn1. The summed E-state index contributed by atoms with van der Waals surface area (Å²) >= 11 is 0. The molecule has 5 nitrogen and oxygen atoms in total. The van der Waals surface area contributed by atoms with E-state index in [1.165, 1.54) is 0 Å². The van der Waals surface area contributed by atoms with Crippen molar-refractivity contribution < 1.29 is 0 Å². The number of pyridine rings is 1. The van der Waals surface area contributed by atoms with Crippen molar-refractivity contribution in [3.8, 4) is 0 Å². The Labute approximate surface area is 122 Å². The molecule has 3 N–H and O–H groups in total. The molecule has 1 rings (SSSR count). The number of hydrogen-bond acceptors (Lipinski definition) is 4. The molecule has 0 aliphatic heterocycles. The van der Waals surface area contributed by atoms with Crippen molar-refractivity contribution in [2.75, 3.05) is 37.6 Å². The highest BCUT2D eigenvalue weighted by atomic mass is 15.2. The van der Waals surface area contributed by atoms with Crippen molar-refractivity contribution in [3.63, 3.8) is 0 Å². The molecule has 112 valence electrons. The number of rotatable bonds is 9. The van der Waals surface area contributed by atoms with Crippen molar-refractivity contribution in [3.05, 3.63) is 23.9 Å². The van der Waals surface area contributed by atoms with E-state index in [0.29, 0.717) is 0 Å². The summed E-state index contributed by atoms with van der Waals surface area (Å²) in [7, 11) is 0. The molecule has 0 aromatic carbocycles. The van der Waals surface area contributed by atoms with Gasteiger partial charge in [-0.05, 0) is 45.1 Å². The van der Waals surface area contributed by atoms with Gasteiger partial charge < -0.3 is 15.5 Å². The first-order valence-corrected chi connectivity index (χ1v) is 7.40. The normalized spacial score (nSPS) is 10.8.